The number of halogens is 1. The monoisotopic (exact) mass is 441 g/mol. The molecule has 2 aromatic rings. The van der Waals surface area contributed by atoms with Crippen LogP contribution in [-0.2, 0) is 16.0 Å². The molecule has 2 amide bonds. The van der Waals surface area contributed by atoms with Crippen molar-refractivity contribution in [3.05, 3.63) is 53.8 Å². The predicted octanol–water partition coefficient (Wildman–Crippen LogP) is 2.70. The van der Waals surface area contributed by atoms with Gasteiger partial charge >= 0.3 is 0 Å². The number of hydrogen-bond acceptors (Lipinski definition) is 5. The molecular weight excluding hydrogens is 413 g/mol. The minimum atomic E-state index is -0.395. The average Bonchev–Trinajstić information content (AvgIpc) is 3.07. The quantitative estimate of drug-likeness (QED) is 0.747. The third kappa shape index (κ3) is 5.37. The van der Waals surface area contributed by atoms with Crippen LogP contribution in [0.25, 0.3) is 0 Å². The Balaban J connectivity index is 1.22. The number of anilines is 1. The van der Waals surface area contributed by atoms with Gasteiger partial charge in [-0.25, -0.2) is 4.39 Å². The Morgan fingerprint density at radius 3 is 2.62 bits per heavy atom. The number of nitrogens with zero attached hydrogens (tertiary/aromatic N) is 2. The molecular formula is C24H28FN3O4. The highest BCUT2D eigenvalue weighted by molar-refractivity contribution is 5.92. The maximum Gasteiger partial charge on any atom is 0.260 e. The van der Waals surface area contributed by atoms with Crippen LogP contribution in [0, 0.1) is 5.82 Å². The molecule has 0 radical (unpaired) electrons. The van der Waals surface area contributed by atoms with Crippen LogP contribution < -0.4 is 14.8 Å². The van der Waals surface area contributed by atoms with Crippen LogP contribution in [-0.4, -0.2) is 66.5 Å². The number of carbonyl (C=O) groups excluding carboxylic acids is 2. The van der Waals surface area contributed by atoms with Crippen LogP contribution in [0.5, 0.6) is 11.5 Å². The van der Waals surface area contributed by atoms with E-state index in [0.29, 0.717) is 37.6 Å². The third-order valence-electron chi connectivity index (χ3n) is 5.61. The Bertz CT molecular complexity index is 1000. The van der Waals surface area contributed by atoms with Gasteiger partial charge in [0, 0.05) is 43.9 Å². The summed E-state index contributed by atoms with van der Waals surface area (Å²) in [5.74, 6) is 0.615. The van der Waals surface area contributed by atoms with E-state index in [0.717, 1.165) is 17.7 Å². The summed E-state index contributed by atoms with van der Waals surface area (Å²) in [7, 11) is 0. The predicted molar refractivity (Wildman–Crippen MR) is 118 cm³/mol. The topological polar surface area (TPSA) is 71.1 Å². The van der Waals surface area contributed by atoms with Gasteiger partial charge in [-0.2, -0.15) is 0 Å². The number of nitrogens with one attached hydrogen (secondary N) is 1. The molecule has 2 aliphatic heterocycles. The van der Waals surface area contributed by atoms with Gasteiger partial charge in [-0.05, 0) is 38.1 Å². The van der Waals surface area contributed by atoms with Gasteiger partial charge in [-0.1, -0.05) is 18.2 Å². The summed E-state index contributed by atoms with van der Waals surface area (Å²) in [5, 5.41) is 2.70. The fourth-order valence-corrected chi connectivity index (χ4v) is 4.06. The summed E-state index contributed by atoms with van der Waals surface area (Å²) in [5.41, 5.74) is 1.24. The molecule has 0 aliphatic carbocycles. The highest BCUT2D eigenvalue weighted by Crippen LogP contribution is 2.41. The van der Waals surface area contributed by atoms with Crippen molar-refractivity contribution in [1.29, 1.82) is 0 Å². The summed E-state index contributed by atoms with van der Waals surface area (Å²) in [6.07, 6.45) is 0.808. The number of ether oxygens (including phenoxy) is 2. The maximum absolute atomic E-state index is 13.2. The van der Waals surface area contributed by atoms with Gasteiger partial charge < -0.3 is 19.7 Å². The summed E-state index contributed by atoms with van der Waals surface area (Å²) in [6, 6.07) is 11.6. The van der Waals surface area contributed by atoms with Crippen LogP contribution in [0.15, 0.2) is 42.5 Å². The minimum absolute atomic E-state index is 0.0553. The van der Waals surface area contributed by atoms with Crippen molar-refractivity contribution in [2.45, 2.75) is 25.9 Å². The molecule has 0 atom stereocenters. The average molecular weight is 442 g/mol. The molecule has 2 heterocycles. The lowest BCUT2D eigenvalue weighted by Crippen LogP contribution is -2.51. The van der Waals surface area contributed by atoms with E-state index in [1.807, 2.05) is 36.9 Å². The first-order valence-corrected chi connectivity index (χ1v) is 10.8. The SMILES string of the molecule is CC1(C)Cc2cccc(OCC(=O)N3CCN(CC(=O)Nc4cccc(F)c4)CC3)c2O1. The molecule has 4 rings (SSSR count). The van der Waals surface area contributed by atoms with E-state index in [2.05, 4.69) is 5.32 Å². The second kappa shape index (κ2) is 9.16. The zero-order valence-electron chi connectivity index (χ0n) is 18.4. The molecule has 0 aromatic heterocycles. The first-order chi connectivity index (χ1) is 15.3. The largest absolute Gasteiger partial charge is 0.483 e. The minimum Gasteiger partial charge on any atom is -0.483 e. The first-order valence-electron chi connectivity index (χ1n) is 10.8. The fourth-order valence-electron chi connectivity index (χ4n) is 4.06. The Labute approximate surface area is 187 Å². The highest BCUT2D eigenvalue weighted by atomic mass is 19.1. The molecule has 7 nitrogen and oxygen atoms in total. The molecule has 8 heteroatoms. The van der Waals surface area contributed by atoms with Gasteiger partial charge in [0.2, 0.25) is 5.91 Å². The number of piperazine rings is 1. The molecule has 1 saturated heterocycles. The Morgan fingerprint density at radius 1 is 1.12 bits per heavy atom. The van der Waals surface area contributed by atoms with Crippen molar-refractivity contribution >= 4 is 17.5 Å². The lowest BCUT2D eigenvalue weighted by Gasteiger charge is -2.34. The maximum atomic E-state index is 13.2. The van der Waals surface area contributed by atoms with Crippen molar-refractivity contribution in [1.82, 2.24) is 9.80 Å². The molecule has 2 aliphatic rings. The number of rotatable bonds is 6. The Morgan fingerprint density at radius 2 is 1.88 bits per heavy atom. The van der Waals surface area contributed by atoms with Gasteiger partial charge in [0.1, 0.15) is 11.4 Å². The molecule has 0 unspecified atom stereocenters. The molecule has 1 fully saturated rings. The van der Waals surface area contributed by atoms with Crippen LogP contribution in [0.4, 0.5) is 10.1 Å². The lowest BCUT2D eigenvalue weighted by molar-refractivity contribution is -0.135. The fraction of sp³-hybridized carbons (Fsp3) is 0.417. The van der Waals surface area contributed by atoms with E-state index >= 15 is 0 Å². The summed E-state index contributed by atoms with van der Waals surface area (Å²) < 4.78 is 25.0. The van der Waals surface area contributed by atoms with Crippen molar-refractivity contribution in [2.24, 2.45) is 0 Å². The van der Waals surface area contributed by atoms with E-state index in [9.17, 15) is 14.0 Å². The van der Waals surface area contributed by atoms with Crippen LogP contribution in [0.2, 0.25) is 0 Å². The Kier molecular flexibility index (Phi) is 6.32. The molecule has 1 N–H and O–H groups in total. The second-order valence-electron chi connectivity index (χ2n) is 8.79. The first kappa shape index (κ1) is 22.1. The van der Waals surface area contributed by atoms with Crippen molar-refractivity contribution in [2.75, 3.05) is 44.6 Å². The molecule has 32 heavy (non-hydrogen) atoms. The zero-order chi connectivity index (χ0) is 22.7. The van der Waals surface area contributed by atoms with Gasteiger partial charge in [0.15, 0.2) is 18.1 Å². The number of carbonyl (C=O) groups is 2. The van der Waals surface area contributed by atoms with Crippen molar-refractivity contribution < 1.29 is 23.5 Å². The Hall–Kier alpha value is -3.13. The zero-order valence-corrected chi connectivity index (χ0v) is 18.4. The van der Waals surface area contributed by atoms with Crippen LogP contribution in [0.1, 0.15) is 19.4 Å². The van der Waals surface area contributed by atoms with E-state index in [1.54, 1.807) is 17.0 Å². The summed E-state index contributed by atoms with van der Waals surface area (Å²) in [4.78, 5) is 28.6. The smallest absolute Gasteiger partial charge is 0.260 e. The molecule has 170 valence electrons. The number of amides is 2. The van der Waals surface area contributed by atoms with E-state index in [4.69, 9.17) is 9.47 Å². The summed E-state index contributed by atoms with van der Waals surface area (Å²) in [6.45, 7) is 6.40. The number of benzene rings is 2. The molecule has 0 bridgehead atoms. The third-order valence-corrected chi connectivity index (χ3v) is 5.61. The number of hydrogen-bond donors (Lipinski definition) is 1. The highest BCUT2D eigenvalue weighted by Gasteiger charge is 2.32. The lowest BCUT2D eigenvalue weighted by atomic mass is 10.0. The van der Waals surface area contributed by atoms with Crippen LogP contribution >= 0.6 is 0 Å². The second-order valence-corrected chi connectivity index (χ2v) is 8.79. The van der Waals surface area contributed by atoms with Gasteiger partial charge in [0.25, 0.3) is 5.91 Å². The van der Waals surface area contributed by atoms with E-state index in [-0.39, 0.29) is 30.6 Å². The molecule has 0 saturated carbocycles. The van der Waals surface area contributed by atoms with Crippen molar-refractivity contribution in [3.63, 3.8) is 0 Å². The van der Waals surface area contributed by atoms with Gasteiger partial charge in [-0.15, -0.1) is 0 Å². The van der Waals surface area contributed by atoms with Crippen LogP contribution in [0.3, 0.4) is 0 Å². The van der Waals surface area contributed by atoms with Gasteiger partial charge in [0.05, 0.1) is 6.54 Å². The van der Waals surface area contributed by atoms with Gasteiger partial charge in [-0.3, -0.25) is 14.5 Å². The van der Waals surface area contributed by atoms with Crippen molar-refractivity contribution in [3.8, 4) is 11.5 Å². The normalized spacial score (nSPS) is 17.4. The number of fused-ring (bicyclic) bond motifs is 1. The summed E-state index contributed by atoms with van der Waals surface area (Å²) >= 11 is 0. The number of para-hydroxylation sites is 1. The molecule has 0 spiro atoms. The van der Waals surface area contributed by atoms with E-state index < -0.39 is 5.82 Å². The molecule has 2 aromatic carbocycles. The standard InChI is InChI=1S/C24H28FN3O4/c1-24(2)14-17-5-3-8-20(23(17)32-24)31-16-22(30)28-11-9-27(10-12-28)15-21(29)26-19-7-4-6-18(25)13-19/h3-8,13H,9-12,14-16H2,1-2H3,(H,26,29). The van der Waals surface area contributed by atoms with E-state index in [1.165, 1.54) is 12.1 Å².